The second-order valence-electron chi connectivity index (χ2n) is 3.75. The monoisotopic (exact) mass is 240 g/mol. The van der Waals surface area contributed by atoms with Gasteiger partial charge in [-0.2, -0.15) is 0 Å². The number of benzene rings is 1. The molecule has 2 rings (SSSR count). The molecule has 0 aromatic heterocycles. The molecule has 0 heterocycles. The van der Waals surface area contributed by atoms with Gasteiger partial charge in [-0.25, -0.2) is 0 Å². The van der Waals surface area contributed by atoms with E-state index in [1.165, 1.54) is 12.1 Å². The zero-order chi connectivity index (χ0) is 13.0. The average Bonchev–Trinajstić information content (AvgIpc) is 2.63. The van der Waals surface area contributed by atoms with Crippen LogP contribution in [0.15, 0.2) is 59.4 Å². The van der Waals surface area contributed by atoms with Gasteiger partial charge in [0.1, 0.15) is 5.75 Å². The van der Waals surface area contributed by atoms with Crippen molar-refractivity contribution < 1.29 is 9.53 Å². The van der Waals surface area contributed by atoms with Gasteiger partial charge in [-0.05, 0) is 36.4 Å². The summed E-state index contributed by atoms with van der Waals surface area (Å²) in [4.78, 5) is 23.9. The highest BCUT2D eigenvalue weighted by molar-refractivity contribution is 6.08. The van der Waals surface area contributed by atoms with Crippen molar-refractivity contribution in [1.29, 1.82) is 0 Å². The number of rotatable bonds is 3. The summed E-state index contributed by atoms with van der Waals surface area (Å²) in [6.07, 6.45) is 0. The standard InChI is InChI=1S/C15H12O3/c1-18-12-9-7-11(8-10-12)15(17)13-5-3-2-4-6-14(13)16/h2-10H,1H3. The third kappa shape index (κ3) is 2.46. The summed E-state index contributed by atoms with van der Waals surface area (Å²) in [6, 6.07) is 14.6. The first kappa shape index (κ1) is 12.0. The highest BCUT2D eigenvalue weighted by Crippen LogP contribution is 2.13. The predicted molar refractivity (Wildman–Crippen MR) is 69.1 cm³/mol. The number of methoxy groups -OCH3 is 1. The first-order valence-corrected chi connectivity index (χ1v) is 5.50. The van der Waals surface area contributed by atoms with Crippen LogP contribution in [0.4, 0.5) is 0 Å². The van der Waals surface area contributed by atoms with Crippen molar-refractivity contribution >= 4 is 5.78 Å². The van der Waals surface area contributed by atoms with Crippen LogP contribution in [0.25, 0.3) is 0 Å². The third-order valence-electron chi connectivity index (χ3n) is 2.60. The summed E-state index contributed by atoms with van der Waals surface area (Å²) in [7, 11) is 1.56. The molecule has 0 unspecified atom stereocenters. The van der Waals surface area contributed by atoms with Crippen LogP contribution in [-0.4, -0.2) is 12.9 Å². The van der Waals surface area contributed by atoms with Crippen molar-refractivity contribution in [3.05, 3.63) is 75.9 Å². The third-order valence-corrected chi connectivity index (χ3v) is 2.60. The van der Waals surface area contributed by atoms with E-state index in [1.54, 1.807) is 49.6 Å². The summed E-state index contributed by atoms with van der Waals surface area (Å²) < 4.78 is 5.02. The van der Waals surface area contributed by atoms with Crippen LogP contribution in [-0.2, 0) is 0 Å². The molecule has 0 aliphatic carbocycles. The van der Waals surface area contributed by atoms with Gasteiger partial charge in [0.25, 0.3) is 0 Å². The van der Waals surface area contributed by atoms with Crippen LogP contribution < -0.4 is 10.2 Å². The average molecular weight is 240 g/mol. The van der Waals surface area contributed by atoms with Crippen LogP contribution in [0.3, 0.4) is 0 Å². The summed E-state index contributed by atoms with van der Waals surface area (Å²) in [5, 5.41) is 0. The number of hydrogen-bond acceptors (Lipinski definition) is 3. The van der Waals surface area contributed by atoms with Crippen molar-refractivity contribution in [1.82, 2.24) is 0 Å². The predicted octanol–water partition coefficient (Wildman–Crippen LogP) is 2.29. The lowest BCUT2D eigenvalue weighted by atomic mass is 10.0. The number of ether oxygens (including phenoxy) is 1. The molecule has 0 bridgehead atoms. The van der Waals surface area contributed by atoms with E-state index in [4.69, 9.17) is 4.74 Å². The van der Waals surface area contributed by atoms with Gasteiger partial charge in [-0.15, -0.1) is 0 Å². The lowest BCUT2D eigenvalue weighted by Gasteiger charge is -2.01. The molecule has 0 aliphatic rings. The Labute approximate surface area is 105 Å². The summed E-state index contributed by atoms with van der Waals surface area (Å²) in [5.41, 5.74) is 0.366. The van der Waals surface area contributed by atoms with Crippen LogP contribution >= 0.6 is 0 Å². The fraction of sp³-hybridized carbons (Fsp3) is 0.0667. The molecule has 0 N–H and O–H groups in total. The smallest absolute Gasteiger partial charge is 0.196 e. The van der Waals surface area contributed by atoms with Gasteiger partial charge in [0.15, 0.2) is 11.2 Å². The lowest BCUT2D eigenvalue weighted by molar-refractivity contribution is 0.103. The van der Waals surface area contributed by atoms with Gasteiger partial charge in [-0.1, -0.05) is 18.2 Å². The highest BCUT2D eigenvalue weighted by Gasteiger charge is 2.11. The van der Waals surface area contributed by atoms with Crippen LogP contribution in [0, 0.1) is 0 Å². The largest absolute Gasteiger partial charge is 0.497 e. The van der Waals surface area contributed by atoms with E-state index in [0.717, 1.165) is 0 Å². The zero-order valence-electron chi connectivity index (χ0n) is 9.92. The normalized spacial score (nSPS) is 9.83. The van der Waals surface area contributed by atoms with Gasteiger partial charge < -0.3 is 4.74 Å². The molecule has 3 heteroatoms. The van der Waals surface area contributed by atoms with Gasteiger partial charge in [0.05, 0.1) is 12.7 Å². The number of carbonyl (C=O) groups excluding carboxylic acids is 1. The van der Waals surface area contributed by atoms with Crippen molar-refractivity contribution in [3.8, 4) is 5.75 Å². The Morgan fingerprint density at radius 1 is 0.944 bits per heavy atom. The van der Waals surface area contributed by atoms with E-state index in [1.807, 2.05) is 0 Å². The molecule has 2 aromatic carbocycles. The molecular weight excluding hydrogens is 228 g/mol. The molecule has 18 heavy (non-hydrogen) atoms. The Bertz CT molecular complexity index is 615. The molecule has 0 saturated heterocycles. The molecule has 0 spiro atoms. The minimum Gasteiger partial charge on any atom is -0.497 e. The molecule has 90 valence electrons. The first-order chi connectivity index (χ1) is 8.72. The minimum atomic E-state index is -0.279. The Morgan fingerprint density at radius 2 is 1.61 bits per heavy atom. The molecule has 0 amide bonds. The molecular formula is C15H12O3. The topological polar surface area (TPSA) is 43.4 Å². The Balaban J connectivity index is 2.42. The zero-order valence-corrected chi connectivity index (χ0v) is 9.92. The molecule has 0 radical (unpaired) electrons. The first-order valence-electron chi connectivity index (χ1n) is 5.50. The maximum absolute atomic E-state index is 12.2. The van der Waals surface area contributed by atoms with E-state index in [0.29, 0.717) is 11.3 Å². The lowest BCUT2D eigenvalue weighted by Crippen LogP contribution is -2.12. The number of carbonyl (C=O) groups is 1. The molecule has 3 nitrogen and oxygen atoms in total. The van der Waals surface area contributed by atoms with Crippen LogP contribution in [0.2, 0.25) is 0 Å². The van der Waals surface area contributed by atoms with Gasteiger partial charge in [-0.3, -0.25) is 9.59 Å². The van der Waals surface area contributed by atoms with E-state index in [-0.39, 0.29) is 16.8 Å². The van der Waals surface area contributed by atoms with E-state index in [2.05, 4.69) is 0 Å². The minimum absolute atomic E-state index is 0.171. The van der Waals surface area contributed by atoms with Crippen molar-refractivity contribution in [2.45, 2.75) is 0 Å². The van der Waals surface area contributed by atoms with Gasteiger partial charge >= 0.3 is 0 Å². The Hall–Kier alpha value is -2.42. The van der Waals surface area contributed by atoms with Gasteiger partial charge in [0.2, 0.25) is 0 Å². The van der Waals surface area contributed by atoms with E-state index < -0.39 is 0 Å². The Morgan fingerprint density at radius 3 is 2.28 bits per heavy atom. The van der Waals surface area contributed by atoms with Crippen LogP contribution in [0.1, 0.15) is 15.9 Å². The molecule has 0 atom stereocenters. The molecule has 0 fully saturated rings. The maximum Gasteiger partial charge on any atom is 0.196 e. The Kier molecular flexibility index (Phi) is 3.53. The number of ketones is 1. The van der Waals surface area contributed by atoms with E-state index >= 15 is 0 Å². The maximum atomic E-state index is 12.2. The van der Waals surface area contributed by atoms with Crippen LogP contribution in [0.5, 0.6) is 5.75 Å². The highest BCUT2D eigenvalue weighted by atomic mass is 16.5. The fourth-order valence-corrected chi connectivity index (χ4v) is 1.62. The van der Waals surface area contributed by atoms with Gasteiger partial charge in [0, 0.05) is 5.56 Å². The van der Waals surface area contributed by atoms with Crippen molar-refractivity contribution in [2.24, 2.45) is 0 Å². The summed E-state index contributed by atoms with van der Waals surface area (Å²) in [6.45, 7) is 0. The second kappa shape index (κ2) is 5.27. The molecule has 0 saturated carbocycles. The quantitative estimate of drug-likeness (QED) is 0.773. The van der Waals surface area contributed by atoms with Crippen molar-refractivity contribution in [3.63, 3.8) is 0 Å². The molecule has 2 aromatic rings. The van der Waals surface area contributed by atoms with Crippen molar-refractivity contribution in [2.75, 3.05) is 7.11 Å². The SMILES string of the molecule is COc1ccc(C(=O)c2cccccc2=O)cc1. The second-order valence-corrected chi connectivity index (χ2v) is 3.75. The summed E-state index contributed by atoms with van der Waals surface area (Å²) >= 11 is 0. The number of hydrogen-bond donors (Lipinski definition) is 0. The van der Waals surface area contributed by atoms with E-state index in [9.17, 15) is 9.59 Å². The molecule has 0 aliphatic heterocycles. The summed E-state index contributed by atoms with van der Waals surface area (Å²) in [5.74, 6) is 0.395. The fourth-order valence-electron chi connectivity index (χ4n) is 1.62.